The van der Waals surface area contributed by atoms with Crippen LogP contribution in [0.3, 0.4) is 0 Å². The molecule has 0 aromatic heterocycles. The predicted molar refractivity (Wildman–Crippen MR) is 73.7 cm³/mol. The fourth-order valence-electron chi connectivity index (χ4n) is 2.72. The third kappa shape index (κ3) is 1.88. The summed E-state index contributed by atoms with van der Waals surface area (Å²) in [5.41, 5.74) is -0.889. The second kappa shape index (κ2) is 4.84. The first-order chi connectivity index (χ1) is 10.1. The van der Waals surface area contributed by atoms with E-state index in [-0.39, 0.29) is 5.56 Å². The molecule has 0 radical (unpaired) electrons. The number of amides is 1. The first-order valence-electron chi connectivity index (χ1n) is 6.44. The molecule has 3 nitrogen and oxygen atoms in total. The van der Waals surface area contributed by atoms with Crippen molar-refractivity contribution in [1.29, 1.82) is 0 Å². The summed E-state index contributed by atoms with van der Waals surface area (Å²) in [5.74, 6) is 0.0856. The largest absolute Gasteiger partial charge is 0.497 e. The van der Waals surface area contributed by atoms with Gasteiger partial charge >= 0.3 is 0 Å². The van der Waals surface area contributed by atoms with Gasteiger partial charge in [-0.05, 0) is 23.8 Å². The van der Waals surface area contributed by atoms with E-state index in [2.05, 4.69) is 5.32 Å². The Hall–Kier alpha value is -2.43. The Labute approximate surface area is 120 Å². The standard InChI is InChI=1S/C16H13F2NO2/c1-21-11-8-6-10(7-9-11)16(15(17)18)13-5-3-2-4-12(13)14(20)19-16/h2-9,15H,1H3,(H,19,20)/t16-/m0/s1. The van der Waals surface area contributed by atoms with Crippen LogP contribution in [0.2, 0.25) is 0 Å². The zero-order valence-electron chi connectivity index (χ0n) is 11.3. The highest BCUT2D eigenvalue weighted by Crippen LogP contribution is 2.42. The molecule has 3 rings (SSSR count). The van der Waals surface area contributed by atoms with E-state index >= 15 is 0 Å². The van der Waals surface area contributed by atoms with Crippen LogP contribution in [-0.2, 0) is 5.54 Å². The fraction of sp³-hybridized carbons (Fsp3) is 0.188. The van der Waals surface area contributed by atoms with Crippen molar-refractivity contribution in [2.45, 2.75) is 12.0 Å². The maximum absolute atomic E-state index is 13.9. The van der Waals surface area contributed by atoms with Gasteiger partial charge in [0.15, 0.2) is 5.54 Å². The zero-order chi connectivity index (χ0) is 15.0. The van der Waals surface area contributed by atoms with Crippen molar-refractivity contribution in [3.05, 3.63) is 65.2 Å². The van der Waals surface area contributed by atoms with Gasteiger partial charge in [0, 0.05) is 11.1 Å². The number of methoxy groups -OCH3 is 1. The first-order valence-corrected chi connectivity index (χ1v) is 6.44. The normalized spacial score (nSPS) is 20.3. The summed E-state index contributed by atoms with van der Waals surface area (Å²) in [7, 11) is 1.50. The Kier molecular flexibility index (Phi) is 3.12. The third-order valence-corrected chi connectivity index (χ3v) is 3.78. The lowest BCUT2D eigenvalue weighted by atomic mass is 9.84. The van der Waals surface area contributed by atoms with Gasteiger partial charge in [-0.2, -0.15) is 0 Å². The van der Waals surface area contributed by atoms with Crippen LogP contribution in [0.15, 0.2) is 48.5 Å². The van der Waals surface area contributed by atoms with Gasteiger partial charge in [-0.3, -0.25) is 4.79 Å². The minimum Gasteiger partial charge on any atom is -0.497 e. The van der Waals surface area contributed by atoms with Crippen LogP contribution in [0.5, 0.6) is 5.75 Å². The second-order valence-corrected chi connectivity index (χ2v) is 4.84. The van der Waals surface area contributed by atoms with Crippen LogP contribution < -0.4 is 10.1 Å². The predicted octanol–water partition coefficient (Wildman–Crippen LogP) is 2.95. The second-order valence-electron chi connectivity index (χ2n) is 4.84. The maximum Gasteiger partial charge on any atom is 0.269 e. The van der Waals surface area contributed by atoms with Crippen molar-refractivity contribution in [3.8, 4) is 5.75 Å². The average molecular weight is 289 g/mol. The Bertz CT molecular complexity index is 685. The number of carbonyl (C=O) groups excluding carboxylic acids is 1. The van der Waals surface area contributed by atoms with Crippen molar-refractivity contribution in [3.63, 3.8) is 0 Å². The van der Waals surface area contributed by atoms with Gasteiger partial charge in [0.25, 0.3) is 12.3 Å². The molecule has 0 fully saturated rings. The molecule has 21 heavy (non-hydrogen) atoms. The lowest BCUT2D eigenvalue weighted by Gasteiger charge is -2.30. The molecule has 0 bridgehead atoms. The molecule has 0 unspecified atom stereocenters. The van der Waals surface area contributed by atoms with Crippen LogP contribution in [0.25, 0.3) is 0 Å². The molecule has 108 valence electrons. The van der Waals surface area contributed by atoms with E-state index in [1.54, 1.807) is 48.5 Å². The van der Waals surface area contributed by atoms with Crippen LogP contribution >= 0.6 is 0 Å². The topological polar surface area (TPSA) is 38.3 Å². The van der Waals surface area contributed by atoms with E-state index in [4.69, 9.17) is 4.74 Å². The van der Waals surface area contributed by atoms with Gasteiger partial charge in [-0.1, -0.05) is 30.3 Å². The van der Waals surface area contributed by atoms with E-state index < -0.39 is 17.9 Å². The number of rotatable bonds is 3. The van der Waals surface area contributed by atoms with Crippen LogP contribution in [0, 0.1) is 0 Å². The summed E-state index contributed by atoms with van der Waals surface area (Å²) in [6, 6.07) is 12.7. The molecule has 1 heterocycles. The number of fused-ring (bicyclic) bond motifs is 1. The molecule has 1 N–H and O–H groups in total. The molecule has 0 spiro atoms. The molecule has 1 aliphatic rings. The number of nitrogens with one attached hydrogen (secondary N) is 1. The summed E-state index contributed by atoms with van der Waals surface area (Å²) >= 11 is 0. The van der Waals surface area contributed by atoms with Crippen molar-refractivity contribution in [1.82, 2.24) is 5.32 Å². The fourth-order valence-corrected chi connectivity index (χ4v) is 2.72. The van der Waals surface area contributed by atoms with E-state index in [1.165, 1.54) is 7.11 Å². The van der Waals surface area contributed by atoms with E-state index in [0.29, 0.717) is 16.9 Å². The first kappa shape index (κ1) is 13.5. The number of ether oxygens (including phenoxy) is 1. The number of alkyl halides is 2. The quantitative estimate of drug-likeness (QED) is 0.943. The number of carbonyl (C=O) groups is 1. The molecule has 0 aliphatic carbocycles. The molecule has 1 aliphatic heterocycles. The molecule has 2 aromatic carbocycles. The maximum atomic E-state index is 13.9. The highest BCUT2D eigenvalue weighted by atomic mass is 19.3. The van der Waals surface area contributed by atoms with Gasteiger partial charge in [-0.15, -0.1) is 0 Å². The average Bonchev–Trinajstić information content (AvgIpc) is 2.82. The molecule has 0 saturated carbocycles. The van der Waals surface area contributed by atoms with Crippen molar-refractivity contribution >= 4 is 5.91 Å². The summed E-state index contributed by atoms with van der Waals surface area (Å²) in [6.45, 7) is 0. The van der Waals surface area contributed by atoms with Gasteiger partial charge in [0.05, 0.1) is 7.11 Å². The van der Waals surface area contributed by atoms with Crippen molar-refractivity contribution < 1.29 is 18.3 Å². The summed E-state index contributed by atoms with van der Waals surface area (Å²) < 4.78 is 32.8. The number of benzene rings is 2. The Balaban J connectivity index is 2.20. The minimum absolute atomic E-state index is 0.286. The van der Waals surface area contributed by atoms with Gasteiger partial charge < -0.3 is 10.1 Å². The molecular weight excluding hydrogens is 276 g/mol. The number of hydrogen-bond donors (Lipinski definition) is 1. The summed E-state index contributed by atoms with van der Waals surface area (Å²) in [6.07, 6.45) is -2.77. The molecule has 1 atom stereocenters. The summed E-state index contributed by atoms with van der Waals surface area (Å²) in [5, 5.41) is 2.46. The summed E-state index contributed by atoms with van der Waals surface area (Å²) in [4.78, 5) is 12.0. The van der Waals surface area contributed by atoms with Crippen LogP contribution in [0.1, 0.15) is 21.5 Å². The lowest BCUT2D eigenvalue weighted by Crippen LogP contribution is -2.46. The van der Waals surface area contributed by atoms with Crippen LogP contribution in [-0.4, -0.2) is 19.4 Å². The third-order valence-electron chi connectivity index (χ3n) is 3.78. The molecular formula is C16H13F2NO2. The molecule has 0 saturated heterocycles. The zero-order valence-corrected chi connectivity index (χ0v) is 11.3. The van der Waals surface area contributed by atoms with Gasteiger partial charge in [0.2, 0.25) is 0 Å². The highest BCUT2D eigenvalue weighted by Gasteiger charge is 2.51. The monoisotopic (exact) mass is 289 g/mol. The van der Waals surface area contributed by atoms with Crippen molar-refractivity contribution in [2.75, 3.05) is 7.11 Å². The van der Waals surface area contributed by atoms with E-state index in [9.17, 15) is 13.6 Å². The number of halogens is 2. The van der Waals surface area contributed by atoms with E-state index in [1.807, 2.05) is 0 Å². The molecule has 5 heteroatoms. The smallest absolute Gasteiger partial charge is 0.269 e. The van der Waals surface area contributed by atoms with Gasteiger partial charge in [0.1, 0.15) is 5.75 Å². The van der Waals surface area contributed by atoms with E-state index in [0.717, 1.165) is 0 Å². The van der Waals surface area contributed by atoms with Gasteiger partial charge in [-0.25, -0.2) is 8.78 Å². The Morgan fingerprint density at radius 2 is 1.76 bits per heavy atom. The SMILES string of the molecule is COc1ccc([C@]2(C(F)F)NC(=O)c3ccccc32)cc1. The molecule has 1 amide bonds. The van der Waals surface area contributed by atoms with Crippen LogP contribution in [0.4, 0.5) is 8.78 Å². The lowest BCUT2D eigenvalue weighted by molar-refractivity contribution is 0.0517. The number of hydrogen-bond acceptors (Lipinski definition) is 2. The minimum atomic E-state index is -2.77. The highest BCUT2D eigenvalue weighted by molar-refractivity contribution is 6.00. The van der Waals surface area contributed by atoms with Crippen molar-refractivity contribution in [2.24, 2.45) is 0 Å². The Morgan fingerprint density at radius 1 is 1.10 bits per heavy atom. The Morgan fingerprint density at radius 3 is 2.38 bits per heavy atom. The molecule has 2 aromatic rings.